The van der Waals surface area contributed by atoms with E-state index in [0.717, 1.165) is 34.9 Å². The second kappa shape index (κ2) is 12.3. The van der Waals surface area contributed by atoms with Crippen molar-refractivity contribution in [2.24, 2.45) is 5.10 Å². The van der Waals surface area contributed by atoms with Gasteiger partial charge in [0.2, 0.25) is 0 Å². The van der Waals surface area contributed by atoms with Crippen molar-refractivity contribution in [2.45, 2.75) is 50.2 Å². The van der Waals surface area contributed by atoms with Crippen molar-refractivity contribution < 1.29 is 14.3 Å². The zero-order chi connectivity index (χ0) is 25.5. The number of benzene rings is 2. The number of nitrogens with one attached hydrogen (secondary N) is 1. The van der Waals surface area contributed by atoms with E-state index in [1.807, 2.05) is 43.3 Å². The number of carbonyl (C=O) groups is 1. The summed E-state index contributed by atoms with van der Waals surface area (Å²) in [6, 6.07) is 13.4. The molecule has 10 heteroatoms. The number of hydrogen-bond donors (Lipinski definition) is 1. The fourth-order valence-electron chi connectivity index (χ4n) is 4.27. The Morgan fingerprint density at radius 2 is 1.81 bits per heavy atom. The number of carbonyl (C=O) groups excluding carboxylic acids is 1. The Kier molecular flexibility index (Phi) is 8.88. The molecule has 0 atom stereocenters. The highest BCUT2D eigenvalue weighted by Crippen LogP contribution is 2.35. The molecule has 4 rings (SSSR count). The van der Waals surface area contributed by atoms with Gasteiger partial charge in [0.1, 0.15) is 0 Å². The Bertz CT molecular complexity index is 1220. The van der Waals surface area contributed by atoms with Crippen LogP contribution in [-0.2, 0) is 4.79 Å². The number of methoxy groups -OCH3 is 2. The molecule has 0 spiro atoms. The molecule has 0 saturated heterocycles. The molecular weight excluding hydrogens is 498 g/mol. The lowest BCUT2D eigenvalue weighted by atomic mass is 9.95. The normalized spacial score (nSPS) is 14.5. The van der Waals surface area contributed by atoms with Crippen molar-refractivity contribution in [1.29, 1.82) is 0 Å². The van der Waals surface area contributed by atoms with Crippen LogP contribution in [0.1, 0.15) is 50.6 Å². The van der Waals surface area contributed by atoms with E-state index in [9.17, 15) is 4.79 Å². The van der Waals surface area contributed by atoms with Gasteiger partial charge in [-0.2, -0.15) is 5.10 Å². The quantitative estimate of drug-likeness (QED) is 0.216. The van der Waals surface area contributed by atoms with Crippen molar-refractivity contribution in [3.05, 3.63) is 53.1 Å². The molecule has 2 aromatic carbocycles. The van der Waals surface area contributed by atoms with Crippen LogP contribution in [0.3, 0.4) is 0 Å². The second-order valence-corrected chi connectivity index (χ2v) is 9.94. The average Bonchev–Trinajstić information content (AvgIpc) is 3.35. The van der Waals surface area contributed by atoms with Crippen LogP contribution in [-0.4, -0.2) is 46.4 Å². The van der Waals surface area contributed by atoms with E-state index in [1.54, 1.807) is 20.3 Å². The number of aromatic nitrogens is 3. The first-order valence-corrected chi connectivity index (χ1v) is 13.3. The zero-order valence-electron chi connectivity index (χ0n) is 20.7. The molecule has 1 N–H and O–H groups in total. The lowest BCUT2D eigenvalue weighted by Crippen LogP contribution is -2.22. The van der Waals surface area contributed by atoms with Crippen LogP contribution >= 0.6 is 23.4 Å². The number of amides is 1. The van der Waals surface area contributed by atoms with Crippen LogP contribution in [0.15, 0.2) is 52.7 Å². The molecule has 1 aliphatic carbocycles. The summed E-state index contributed by atoms with van der Waals surface area (Å²) < 4.78 is 12.8. The third-order valence-corrected chi connectivity index (χ3v) is 7.38. The van der Waals surface area contributed by atoms with Crippen LogP contribution < -0.4 is 14.9 Å². The second-order valence-electron chi connectivity index (χ2n) is 8.57. The summed E-state index contributed by atoms with van der Waals surface area (Å²) in [7, 11) is 3.17. The van der Waals surface area contributed by atoms with Gasteiger partial charge in [0, 0.05) is 22.2 Å². The van der Waals surface area contributed by atoms with E-state index < -0.39 is 0 Å². The molecule has 1 saturated carbocycles. The summed E-state index contributed by atoms with van der Waals surface area (Å²) in [4.78, 5) is 12.6. The van der Waals surface area contributed by atoms with Crippen LogP contribution in [0, 0.1) is 0 Å². The zero-order valence-corrected chi connectivity index (χ0v) is 22.2. The standard InChI is InChI=1S/C26H30ClN5O3S/c1-17(19-11-14-22(34-2)23(15-19)35-3)28-29-24(33)16-36-26-31-30-25(18-9-12-20(27)13-10-18)32(26)21-7-5-4-6-8-21/h9-15,21H,4-8,16H2,1-3H3,(H,29,33)/b28-17+. The van der Waals surface area contributed by atoms with Gasteiger partial charge in [-0.1, -0.05) is 42.6 Å². The lowest BCUT2D eigenvalue weighted by Gasteiger charge is -2.25. The molecule has 0 unspecified atom stereocenters. The van der Waals surface area contributed by atoms with E-state index in [0.29, 0.717) is 28.3 Å². The minimum Gasteiger partial charge on any atom is -0.493 e. The van der Waals surface area contributed by atoms with Crippen LogP contribution in [0.2, 0.25) is 5.02 Å². The van der Waals surface area contributed by atoms with E-state index in [4.69, 9.17) is 21.1 Å². The smallest absolute Gasteiger partial charge is 0.250 e. The van der Waals surface area contributed by atoms with Gasteiger partial charge in [-0.15, -0.1) is 10.2 Å². The van der Waals surface area contributed by atoms with Crippen molar-refractivity contribution >= 4 is 35.0 Å². The topological polar surface area (TPSA) is 90.6 Å². The molecule has 3 aromatic rings. The number of halogens is 1. The maximum atomic E-state index is 12.6. The molecule has 0 aliphatic heterocycles. The van der Waals surface area contributed by atoms with E-state index in [1.165, 1.54) is 31.0 Å². The van der Waals surface area contributed by atoms with Gasteiger partial charge >= 0.3 is 0 Å². The summed E-state index contributed by atoms with van der Waals surface area (Å²) >= 11 is 7.45. The first kappa shape index (κ1) is 26.0. The van der Waals surface area contributed by atoms with Crippen LogP contribution in [0.25, 0.3) is 11.4 Å². The van der Waals surface area contributed by atoms with Gasteiger partial charge in [0.15, 0.2) is 22.5 Å². The third-order valence-electron chi connectivity index (χ3n) is 6.19. The number of hydrogen-bond acceptors (Lipinski definition) is 7. The van der Waals surface area contributed by atoms with Crippen molar-refractivity contribution in [3.63, 3.8) is 0 Å². The number of rotatable bonds is 9. The number of nitrogens with zero attached hydrogens (tertiary/aromatic N) is 4. The van der Waals surface area contributed by atoms with Crippen LogP contribution in [0.4, 0.5) is 0 Å². The summed E-state index contributed by atoms with van der Waals surface area (Å²) in [5, 5.41) is 14.6. The molecule has 1 aromatic heterocycles. The largest absolute Gasteiger partial charge is 0.493 e. The Morgan fingerprint density at radius 1 is 1.08 bits per heavy atom. The number of ether oxygens (including phenoxy) is 2. The molecule has 0 bridgehead atoms. The number of thioether (sulfide) groups is 1. The molecule has 8 nitrogen and oxygen atoms in total. The Hall–Kier alpha value is -3.04. The molecule has 1 amide bonds. The van der Waals surface area contributed by atoms with Crippen molar-refractivity contribution in [2.75, 3.05) is 20.0 Å². The number of hydrazone groups is 1. The summed E-state index contributed by atoms with van der Waals surface area (Å²) in [6.45, 7) is 1.83. The molecule has 190 valence electrons. The maximum absolute atomic E-state index is 12.6. The SMILES string of the molecule is COc1ccc(/C(C)=N/NC(=O)CSc2nnc(-c3ccc(Cl)cc3)n2C2CCCCC2)cc1OC. The molecule has 1 aliphatic rings. The summed E-state index contributed by atoms with van der Waals surface area (Å²) in [6.07, 6.45) is 5.76. The predicted octanol–water partition coefficient (Wildman–Crippen LogP) is 5.75. The minimum atomic E-state index is -0.217. The van der Waals surface area contributed by atoms with E-state index in [-0.39, 0.29) is 11.7 Å². The average molecular weight is 528 g/mol. The fourth-order valence-corrected chi connectivity index (χ4v) is 5.20. The van der Waals surface area contributed by atoms with Gasteiger partial charge in [-0.3, -0.25) is 9.36 Å². The summed E-state index contributed by atoms with van der Waals surface area (Å²) in [5.41, 5.74) is 5.09. The minimum absolute atomic E-state index is 0.175. The highest BCUT2D eigenvalue weighted by Gasteiger charge is 2.24. The van der Waals surface area contributed by atoms with Crippen molar-refractivity contribution in [3.8, 4) is 22.9 Å². The first-order chi connectivity index (χ1) is 17.5. The van der Waals surface area contributed by atoms with Gasteiger partial charge in [-0.25, -0.2) is 5.43 Å². The van der Waals surface area contributed by atoms with Gasteiger partial charge in [0.25, 0.3) is 5.91 Å². The lowest BCUT2D eigenvalue weighted by molar-refractivity contribution is -0.118. The molecule has 36 heavy (non-hydrogen) atoms. The van der Waals surface area contributed by atoms with Crippen molar-refractivity contribution in [1.82, 2.24) is 20.2 Å². The fraction of sp³-hybridized carbons (Fsp3) is 0.385. The molecular formula is C26H30ClN5O3S. The highest BCUT2D eigenvalue weighted by molar-refractivity contribution is 7.99. The van der Waals surface area contributed by atoms with E-state index in [2.05, 4.69) is 25.3 Å². The van der Waals surface area contributed by atoms with E-state index >= 15 is 0 Å². The van der Waals surface area contributed by atoms with Gasteiger partial charge < -0.3 is 9.47 Å². The maximum Gasteiger partial charge on any atom is 0.250 e. The van der Waals surface area contributed by atoms with Gasteiger partial charge in [0.05, 0.1) is 25.7 Å². The Labute approximate surface area is 220 Å². The molecule has 1 fully saturated rings. The molecule has 1 heterocycles. The third kappa shape index (κ3) is 6.20. The Balaban J connectivity index is 1.46. The Morgan fingerprint density at radius 3 is 2.50 bits per heavy atom. The van der Waals surface area contributed by atoms with Gasteiger partial charge in [-0.05, 0) is 62.2 Å². The van der Waals surface area contributed by atoms with Crippen LogP contribution in [0.5, 0.6) is 11.5 Å². The molecule has 0 radical (unpaired) electrons. The summed E-state index contributed by atoms with van der Waals surface area (Å²) in [5.74, 6) is 2.00. The predicted molar refractivity (Wildman–Crippen MR) is 143 cm³/mol. The monoisotopic (exact) mass is 527 g/mol. The first-order valence-electron chi connectivity index (χ1n) is 11.9. The highest BCUT2D eigenvalue weighted by atomic mass is 35.5.